The van der Waals surface area contributed by atoms with Crippen molar-refractivity contribution in [3.05, 3.63) is 48.8 Å². The van der Waals surface area contributed by atoms with E-state index in [2.05, 4.69) is 38.5 Å². The second-order valence-corrected chi connectivity index (χ2v) is 9.37. The molecule has 0 bridgehead atoms. The van der Waals surface area contributed by atoms with Crippen LogP contribution in [0.5, 0.6) is 0 Å². The number of rotatable bonds is 5. The predicted octanol–water partition coefficient (Wildman–Crippen LogP) is 2.71. The second kappa shape index (κ2) is 8.79. The van der Waals surface area contributed by atoms with Gasteiger partial charge in [-0.3, -0.25) is 9.89 Å². The normalized spacial score (nSPS) is 22.2. The first-order chi connectivity index (χ1) is 17.1. The minimum absolute atomic E-state index is 0.00968. The van der Waals surface area contributed by atoms with Crippen LogP contribution in [0.3, 0.4) is 0 Å². The summed E-state index contributed by atoms with van der Waals surface area (Å²) in [5, 5.41) is 15.7. The summed E-state index contributed by atoms with van der Waals surface area (Å²) in [6.07, 6.45) is 5.10. The largest absolute Gasteiger partial charge is 0.377 e. The molecular formula is C25H28N8O2. The Bertz CT molecular complexity index is 1340. The summed E-state index contributed by atoms with van der Waals surface area (Å²) >= 11 is 0. The number of nitrogens with zero attached hydrogens (tertiary/aromatic N) is 5. The van der Waals surface area contributed by atoms with Crippen LogP contribution in [0.2, 0.25) is 0 Å². The van der Waals surface area contributed by atoms with Gasteiger partial charge >= 0.3 is 0 Å². The Morgan fingerprint density at radius 1 is 1.20 bits per heavy atom. The molecule has 2 aliphatic rings. The molecule has 1 atom stereocenters. The van der Waals surface area contributed by atoms with Crippen molar-refractivity contribution in [3.63, 3.8) is 0 Å². The van der Waals surface area contributed by atoms with E-state index < -0.39 is 0 Å². The first-order valence-corrected chi connectivity index (χ1v) is 12.0. The molecule has 10 heteroatoms. The molecule has 0 radical (unpaired) electrons. The zero-order valence-electron chi connectivity index (χ0n) is 19.5. The first kappa shape index (κ1) is 21.8. The second-order valence-electron chi connectivity index (χ2n) is 9.37. The number of H-pyrrole nitrogens is 1. The van der Waals surface area contributed by atoms with Crippen LogP contribution in [0.25, 0.3) is 28.0 Å². The number of ether oxygens (including phenoxy) is 1. The molecule has 4 N–H and O–H groups in total. The third kappa shape index (κ3) is 4.04. The van der Waals surface area contributed by atoms with E-state index in [-0.39, 0.29) is 23.9 Å². The molecule has 4 aromatic rings. The highest BCUT2D eigenvalue weighted by atomic mass is 16.5. The molecule has 1 aliphatic carbocycles. The molecule has 180 valence electrons. The minimum Gasteiger partial charge on any atom is -0.377 e. The number of morpholine rings is 1. The standard InChI is InChI=1S/C25H28N8O2/c1-15-14-35-9-8-32(15)23-12-20(21-13-28-33(24(21)30-23)22-6-7-27-31-22)16-2-4-19(5-3-16)29-25(34)17-10-18(26)11-17/h2-7,12-13,15,17-18H,8-11,14,26H2,1H3,(H,27,31)(H,29,34)/t15-,17?,18?/m1/s1. The van der Waals surface area contributed by atoms with Gasteiger partial charge in [0.25, 0.3) is 0 Å². The predicted molar refractivity (Wildman–Crippen MR) is 133 cm³/mol. The maximum Gasteiger partial charge on any atom is 0.227 e. The molecule has 6 rings (SSSR count). The van der Waals surface area contributed by atoms with Gasteiger partial charge in [0, 0.05) is 41.8 Å². The molecule has 1 saturated carbocycles. The Morgan fingerprint density at radius 2 is 2.03 bits per heavy atom. The average Bonchev–Trinajstić information content (AvgIpc) is 3.52. The van der Waals surface area contributed by atoms with Crippen molar-refractivity contribution in [1.29, 1.82) is 0 Å². The molecule has 10 nitrogen and oxygen atoms in total. The van der Waals surface area contributed by atoms with Crippen molar-refractivity contribution >= 4 is 28.4 Å². The van der Waals surface area contributed by atoms with Crippen LogP contribution in [0.15, 0.2) is 48.8 Å². The van der Waals surface area contributed by atoms with Crippen LogP contribution in [-0.2, 0) is 9.53 Å². The summed E-state index contributed by atoms with van der Waals surface area (Å²) in [6, 6.07) is 12.3. The number of aromatic nitrogens is 5. The number of fused-ring (bicyclic) bond motifs is 1. The number of nitrogens with one attached hydrogen (secondary N) is 2. The summed E-state index contributed by atoms with van der Waals surface area (Å²) in [6.45, 7) is 4.24. The average molecular weight is 473 g/mol. The Labute approximate surface area is 202 Å². The lowest BCUT2D eigenvalue weighted by Gasteiger charge is -2.34. The van der Waals surface area contributed by atoms with E-state index in [0.717, 1.165) is 53.1 Å². The molecule has 1 aromatic carbocycles. The number of pyridine rings is 1. The quantitative estimate of drug-likeness (QED) is 0.408. The molecule has 35 heavy (non-hydrogen) atoms. The van der Waals surface area contributed by atoms with Crippen LogP contribution < -0.4 is 16.0 Å². The maximum absolute atomic E-state index is 12.4. The first-order valence-electron chi connectivity index (χ1n) is 12.0. The monoisotopic (exact) mass is 472 g/mol. The number of hydrogen-bond acceptors (Lipinski definition) is 7. The number of benzene rings is 1. The molecule has 0 spiro atoms. The van der Waals surface area contributed by atoms with Crippen molar-refractivity contribution in [2.75, 3.05) is 30.0 Å². The van der Waals surface area contributed by atoms with Crippen LogP contribution in [-0.4, -0.2) is 62.7 Å². The molecule has 2 fully saturated rings. The molecule has 3 aromatic heterocycles. The Hall–Kier alpha value is -3.76. The molecule has 0 unspecified atom stereocenters. The van der Waals surface area contributed by atoms with Gasteiger partial charge in [0.2, 0.25) is 5.91 Å². The van der Waals surface area contributed by atoms with Gasteiger partial charge in [-0.1, -0.05) is 12.1 Å². The highest BCUT2D eigenvalue weighted by Gasteiger charge is 2.32. The fraction of sp³-hybridized carbons (Fsp3) is 0.360. The van der Waals surface area contributed by atoms with Crippen LogP contribution in [0, 0.1) is 5.92 Å². The fourth-order valence-electron chi connectivity index (χ4n) is 4.83. The number of nitrogens with two attached hydrogens (primary N) is 1. The van der Waals surface area contributed by atoms with Gasteiger partial charge < -0.3 is 20.7 Å². The third-order valence-corrected chi connectivity index (χ3v) is 6.90. The zero-order chi connectivity index (χ0) is 23.9. The van der Waals surface area contributed by atoms with E-state index in [1.54, 1.807) is 10.9 Å². The van der Waals surface area contributed by atoms with E-state index in [4.69, 9.17) is 15.5 Å². The molecular weight excluding hydrogens is 444 g/mol. The highest BCUT2D eigenvalue weighted by Crippen LogP contribution is 2.34. The summed E-state index contributed by atoms with van der Waals surface area (Å²) in [7, 11) is 0. The summed E-state index contributed by atoms with van der Waals surface area (Å²) in [5.74, 6) is 1.60. The number of hydrogen-bond donors (Lipinski definition) is 3. The van der Waals surface area contributed by atoms with Gasteiger partial charge in [-0.2, -0.15) is 14.9 Å². The van der Waals surface area contributed by atoms with E-state index in [1.807, 2.05) is 36.5 Å². The molecule has 1 amide bonds. The summed E-state index contributed by atoms with van der Waals surface area (Å²) in [5.41, 5.74) is 9.38. The number of aromatic amines is 1. The number of amides is 1. The zero-order valence-corrected chi connectivity index (χ0v) is 19.5. The van der Waals surface area contributed by atoms with Crippen LogP contribution in [0.4, 0.5) is 11.5 Å². The number of carbonyl (C=O) groups is 1. The van der Waals surface area contributed by atoms with Crippen LogP contribution in [0.1, 0.15) is 19.8 Å². The molecule has 1 saturated heterocycles. The van der Waals surface area contributed by atoms with E-state index in [1.165, 1.54) is 0 Å². The van der Waals surface area contributed by atoms with Crippen molar-refractivity contribution < 1.29 is 9.53 Å². The van der Waals surface area contributed by atoms with E-state index in [0.29, 0.717) is 19.0 Å². The van der Waals surface area contributed by atoms with E-state index in [9.17, 15) is 4.79 Å². The van der Waals surface area contributed by atoms with Gasteiger partial charge in [-0.05, 0) is 49.1 Å². The van der Waals surface area contributed by atoms with Gasteiger partial charge in [0.15, 0.2) is 11.5 Å². The lowest BCUT2D eigenvalue weighted by Crippen LogP contribution is -2.44. The smallest absolute Gasteiger partial charge is 0.227 e. The van der Waals surface area contributed by atoms with E-state index >= 15 is 0 Å². The topological polar surface area (TPSA) is 127 Å². The Morgan fingerprint density at radius 3 is 2.74 bits per heavy atom. The highest BCUT2D eigenvalue weighted by molar-refractivity contribution is 5.96. The van der Waals surface area contributed by atoms with Crippen LogP contribution >= 0.6 is 0 Å². The lowest BCUT2D eigenvalue weighted by atomic mass is 9.80. The maximum atomic E-state index is 12.4. The van der Waals surface area contributed by atoms with Gasteiger partial charge in [-0.25, -0.2) is 4.98 Å². The van der Waals surface area contributed by atoms with Crippen molar-refractivity contribution in [1.82, 2.24) is 25.0 Å². The lowest BCUT2D eigenvalue weighted by molar-refractivity contribution is -0.122. The van der Waals surface area contributed by atoms with Gasteiger partial charge in [0.05, 0.1) is 25.5 Å². The molecule has 1 aliphatic heterocycles. The summed E-state index contributed by atoms with van der Waals surface area (Å²) < 4.78 is 7.39. The van der Waals surface area contributed by atoms with Gasteiger partial charge in [-0.15, -0.1) is 0 Å². The SMILES string of the molecule is C[C@@H]1COCCN1c1cc(-c2ccc(NC(=O)C3CC(N)C3)cc2)c2cnn(-c3cc[nH]n3)c2n1. The summed E-state index contributed by atoms with van der Waals surface area (Å²) in [4.78, 5) is 19.7. The van der Waals surface area contributed by atoms with Crippen molar-refractivity contribution in [2.45, 2.75) is 31.8 Å². The third-order valence-electron chi connectivity index (χ3n) is 6.90. The number of anilines is 2. The molecule has 4 heterocycles. The Kier molecular flexibility index (Phi) is 5.46. The Balaban J connectivity index is 1.38. The van der Waals surface area contributed by atoms with Crippen molar-refractivity contribution in [2.24, 2.45) is 11.7 Å². The van der Waals surface area contributed by atoms with Crippen molar-refractivity contribution in [3.8, 4) is 16.9 Å². The fourth-order valence-corrected chi connectivity index (χ4v) is 4.83. The number of carbonyl (C=O) groups excluding carboxylic acids is 1. The van der Waals surface area contributed by atoms with Gasteiger partial charge in [0.1, 0.15) is 5.82 Å². The minimum atomic E-state index is 0.00968.